The summed E-state index contributed by atoms with van der Waals surface area (Å²) in [5.41, 5.74) is -0.0977. The highest BCUT2D eigenvalue weighted by Gasteiger charge is 2.32. The Balaban J connectivity index is 1.95. The molecule has 8 heteroatoms. The molecule has 1 saturated heterocycles. The number of piperidine rings is 1. The molecule has 0 aliphatic carbocycles. The number of carbonyl (C=O) groups excluding carboxylic acids is 2. The average molecular weight is 372 g/mol. The molecule has 0 N–H and O–H groups in total. The zero-order chi connectivity index (χ0) is 19.3. The lowest BCUT2D eigenvalue weighted by Crippen LogP contribution is -2.45. The van der Waals surface area contributed by atoms with Crippen molar-refractivity contribution in [3.05, 3.63) is 35.4 Å². The molecule has 2 rings (SSSR count). The van der Waals surface area contributed by atoms with Gasteiger partial charge in [0.2, 0.25) is 5.91 Å². The number of nitrogens with zero attached hydrogens (tertiary/aromatic N) is 2. The molecule has 1 aliphatic rings. The van der Waals surface area contributed by atoms with Crippen LogP contribution < -0.4 is 0 Å². The number of alkyl halides is 3. The van der Waals surface area contributed by atoms with E-state index in [1.807, 2.05) is 0 Å². The average Bonchev–Trinajstić information content (AvgIpc) is 2.61. The highest BCUT2D eigenvalue weighted by atomic mass is 19.4. The van der Waals surface area contributed by atoms with E-state index in [4.69, 9.17) is 4.74 Å². The molecule has 5 nitrogen and oxygen atoms in total. The second kappa shape index (κ2) is 8.42. The molecule has 1 aromatic rings. The van der Waals surface area contributed by atoms with Crippen molar-refractivity contribution in [1.82, 2.24) is 9.80 Å². The fourth-order valence-electron chi connectivity index (χ4n) is 3.02. The maximum atomic E-state index is 12.6. The third kappa shape index (κ3) is 5.12. The van der Waals surface area contributed by atoms with E-state index >= 15 is 0 Å². The van der Waals surface area contributed by atoms with Crippen molar-refractivity contribution in [3.63, 3.8) is 0 Å². The van der Waals surface area contributed by atoms with E-state index in [1.54, 1.807) is 14.0 Å². The predicted octanol–water partition coefficient (Wildman–Crippen LogP) is 3.53. The zero-order valence-electron chi connectivity index (χ0n) is 14.9. The fourth-order valence-corrected chi connectivity index (χ4v) is 3.02. The summed E-state index contributed by atoms with van der Waals surface area (Å²) >= 11 is 0. The molecule has 0 aromatic heterocycles. The van der Waals surface area contributed by atoms with Gasteiger partial charge in [0.25, 0.3) is 0 Å². The van der Waals surface area contributed by atoms with Crippen molar-refractivity contribution < 1.29 is 27.5 Å². The number of likely N-dealkylation sites (tertiary alicyclic amines) is 1. The summed E-state index contributed by atoms with van der Waals surface area (Å²) in [7, 11) is 1.61. The second-order valence-corrected chi connectivity index (χ2v) is 6.37. The molecule has 26 heavy (non-hydrogen) atoms. The number of halogens is 3. The van der Waals surface area contributed by atoms with Crippen molar-refractivity contribution in [3.8, 4) is 0 Å². The van der Waals surface area contributed by atoms with Gasteiger partial charge in [0, 0.05) is 26.7 Å². The SMILES string of the molecule is CCOC(=O)N1CCCC(C(=O)N(C)Cc2ccc(C(F)(F)F)cc2)C1. The lowest BCUT2D eigenvalue weighted by molar-refractivity contribution is -0.138. The van der Waals surface area contributed by atoms with Gasteiger partial charge in [-0.1, -0.05) is 12.1 Å². The highest BCUT2D eigenvalue weighted by Crippen LogP contribution is 2.29. The van der Waals surface area contributed by atoms with Gasteiger partial charge in [-0.2, -0.15) is 13.2 Å². The molecule has 0 bridgehead atoms. The quantitative estimate of drug-likeness (QED) is 0.812. The third-order valence-corrected chi connectivity index (χ3v) is 4.37. The van der Waals surface area contributed by atoms with Gasteiger partial charge < -0.3 is 14.5 Å². The van der Waals surface area contributed by atoms with Crippen LogP contribution in [0.25, 0.3) is 0 Å². The molecular formula is C18H23F3N2O3. The monoisotopic (exact) mass is 372 g/mol. The van der Waals surface area contributed by atoms with Gasteiger partial charge in [-0.25, -0.2) is 4.79 Å². The molecule has 144 valence electrons. The minimum atomic E-state index is -4.38. The molecule has 0 saturated carbocycles. The summed E-state index contributed by atoms with van der Waals surface area (Å²) in [6.07, 6.45) is -3.41. The predicted molar refractivity (Wildman–Crippen MR) is 89.2 cm³/mol. The fraction of sp³-hybridized carbons (Fsp3) is 0.556. The minimum Gasteiger partial charge on any atom is -0.450 e. The van der Waals surface area contributed by atoms with E-state index in [0.29, 0.717) is 31.5 Å². The number of carbonyl (C=O) groups is 2. The normalized spacial score (nSPS) is 17.7. The van der Waals surface area contributed by atoms with Crippen molar-refractivity contribution in [2.24, 2.45) is 5.92 Å². The molecule has 1 heterocycles. The molecule has 0 spiro atoms. The summed E-state index contributed by atoms with van der Waals surface area (Å²) in [4.78, 5) is 27.5. The summed E-state index contributed by atoms with van der Waals surface area (Å²) in [6, 6.07) is 4.77. The van der Waals surface area contributed by atoms with Crippen LogP contribution in [-0.2, 0) is 22.3 Å². The van der Waals surface area contributed by atoms with Crippen LogP contribution >= 0.6 is 0 Å². The van der Waals surface area contributed by atoms with Crippen LogP contribution in [-0.4, -0.2) is 48.5 Å². The zero-order valence-corrected chi connectivity index (χ0v) is 14.9. The van der Waals surface area contributed by atoms with Crippen LogP contribution in [0.5, 0.6) is 0 Å². The minimum absolute atomic E-state index is 0.126. The Labute approximate surface area is 150 Å². The molecule has 1 aliphatic heterocycles. The second-order valence-electron chi connectivity index (χ2n) is 6.37. The Hall–Kier alpha value is -2.25. The van der Waals surface area contributed by atoms with Crippen molar-refractivity contribution in [2.45, 2.75) is 32.5 Å². The highest BCUT2D eigenvalue weighted by molar-refractivity contribution is 5.80. The molecule has 1 fully saturated rings. The van der Waals surface area contributed by atoms with Gasteiger partial charge in [0.1, 0.15) is 0 Å². The first kappa shape index (κ1) is 20.1. The van der Waals surface area contributed by atoms with Crippen molar-refractivity contribution in [2.75, 3.05) is 26.7 Å². The summed E-state index contributed by atoms with van der Waals surface area (Å²) in [6.45, 7) is 3.08. The Bertz CT molecular complexity index is 632. The summed E-state index contributed by atoms with van der Waals surface area (Å²) in [5.74, 6) is -0.452. The van der Waals surface area contributed by atoms with E-state index < -0.39 is 17.8 Å². The molecule has 1 aromatic carbocycles. The van der Waals surface area contributed by atoms with E-state index in [-0.39, 0.29) is 25.0 Å². The summed E-state index contributed by atoms with van der Waals surface area (Å²) in [5, 5.41) is 0. The number of hydrogen-bond acceptors (Lipinski definition) is 3. The van der Waals surface area contributed by atoms with Crippen LogP contribution in [0.15, 0.2) is 24.3 Å². The lowest BCUT2D eigenvalue weighted by atomic mass is 9.96. The first-order valence-corrected chi connectivity index (χ1v) is 8.55. The van der Waals surface area contributed by atoms with E-state index in [2.05, 4.69) is 0 Å². The number of ether oxygens (including phenoxy) is 1. The topological polar surface area (TPSA) is 49.9 Å². The van der Waals surface area contributed by atoms with Gasteiger partial charge >= 0.3 is 12.3 Å². The van der Waals surface area contributed by atoms with Gasteiger partial charge in [-0.05, 0) is 37.5 Å². The van der Waals surface area contributed by atoms with Gasteiger partial charge in [0.15, 0.2) is 0 Å². The summed E-state index contributed by atoms with van der Waals surface area (Å²) < 4.78 is 42.8. The van der Waals surface area contributed by atoms with Crippen LogP contribution in [0, 0.1) is 5.92 Å². The van der Waals surface area contributed by atoms with Gasteiger partial charge in [0.05, 0.1) is 18.1 Å². The number of amides is 2. The largest absolute Gasteiger partial charge is 0.450 e. The standard InChI is InChI=1S/C18H23F3N2O3/c1-3-26-17(25)23-10-4-5-14(12-23)16(24)22(2)11-13-6-8-15(9-7-13)18(19,20)21/h6-9,14H,3-5,10-12H2,1-2H3. The Morgan fingerprint density at radius 2 is 1.92 bits per heavy atom. The van der Waals surface area contributed by atoms with Crippen molar-refractivity contribution in [1.29, 1.82) is 0 Å². The molecule has 1 atom stereocenters. The molecule has 1 unspecified atom stereocenters. The Morgan fingerprint density at radius 1 is 1.27 bits per heavy atom. The smallest absolute Gasteiger partial charge is 0.416 e. The number of hydrogen-bond donors (Lipinski definition) is 0. The third-order valence-electron chi connectivity index (χ3n) is 4.37. The van der Waals surface area contributed by atoms with E-state index in [0.717, 1.165) is 12.1 Å². The first-order valence-electron chi connectivity index (χ1n) is 8.55. The van der Waals surface area contributed by atoms with Crippen LogP contribution in [0.3, 0.4) is 0 Å². The van der Waals surface area contributed by atoms with E-state index in [9.17, 15) is 22.8 Å². The van der Waals surface area contributed by atoms with Crippen LogP contribution in [0.1, 0.15) is 30.9 Å². The number of rotatable bonds is 4. The van der Waals surface area contributed by atoms with E-state index in [1.165, 1.54) is 21.9 Å². The Kier molecular flexibility index (Phi) is 6.50. The van der Waals surface area contributed by atoms with Gasteiger partial charge in [-0.15, -0.1) is 0 Å². The van der Waals surface area contributed by atoms with Gasteiger partial charge in [-0.3, -0.25) is 4.79 Å². The van der Waals surface area contributed by atoms with Crippen molar-refractivity contribution >= 4 is 12.0 Å². The van der Waals surface area contributed by atoms with Crippen LogP contribution in [0.2, 0.25) is 0 Å². The molecular weight excluding hydrogens is 349 g/mol. The first-order chi connectivity index (χ1) is 12.2. The Morgan fingerprint density at radius 3 is 2.50 bits per heavy atom. The maximum Gasteiger partial charge on any atom is 0.416 e. The lowest BCUT2D eigenvalue weighted by Gasteiger charge is -2.33. The van der Waals surface area contributed by atoms with Crippen LogP contribution in [0.4, 0.5) is 18.0 Å². The number of benzene rings is 1. The molecule has 2 amide bonds. The maximum absolute atomic E-state index is 12.6. The molecule has 0 radical (unpaired) electrons.